The summed E-state index contributed by atoms with van der Waals surface area (Å²) in [5.41, 5.74) is -2.70. The molecule has 122 valence electrons. The lowest BCUT2D eigenvalue weighted by Gasteiger charge is -2.20. The number of hydrogen-bond acceptors (Lipinski definition) is 4. The summed E-state index contributed by atoms with van der Waals surface area (Å²) in [5, 5.41) is 30.4. The summed E-state index contributed by atoms with van der Waals surface area (Å²) in [5.74, 6) is -2.24. The Kier molecular flexibility index (Phi) is 5.50. The summed E-state index contributed by atoms with van der Waals surface area (Å²) >= 11 is 0. The van der Waals surface area contributed by atoms with E-state index in [1.165, 1.54) is 6.92 Å². The number of carboxylic acids is 1. The van der Waals surface area contributed by atoms with Crippen LogP contribution in [0.4, 0.5) is 13.2 Å². The first-order valence-corrected chi connectivity index (χ1v) is 6.09. The van der Waals surface area contributed by atoms with Crippen LogP contribution in [-0.2, 0) is 11.0 Å². The highest BCUT2D eigenvalue weighted by Gasteiger charge is 2.36. The van der Waals surface area contributed by atoms with Crippen molar-refractivity contribution in [3.05, 3.63) is 34.9 Å². The monoisotopic (exact) mass is 321 g/mol. The molecule has 1 aromatic rings. The minimum absolute atomic E-state index is 0.310. The molecule has 0 saturated carbocycles. The number of carbonyl (C=O) groups excluding carboxylic acids is 1. The number of aliphatic hydroxyl groups excluding tert-OH is 2. The van der Waals surface area contributed by atoms with Crippen LogP contribution >= 0.6 is 0 Å². The number of halogens is 3. The highest BCUT2D eigenvalue weighted by molar-refractivity contribution is 5.89. The first kappa shape index (κ1) is 17.9. The van der Waals surface area contributed by atoms with E-state index in [1.807, 2.05) is 0 Å². The number of hydrogen-bond donors (Lipinski definition) is 4. The fourth-order valence-electron chi connectivity index (χ4n) is 1.75. The van der Waals surface area contributed by atoms with E-state index in [1.54, 1.807) is 0 Å². The molecule has 1 aromatic carbocycles. The van der Waals surface area contributed by atoms with Crippen molar-refractivity contribution in [2.45, 2.75) is 25.3 Å². The largest absolute Gasteiger partial charge is 0.478 e. The molecule has 0 spiro atoms. The van der Waals surface area contributed by atoms with Crippen molar-refractivity contribution in [2.24, 2.45) is 0 Å². The van der Waals surface area contributed by atoms with Gasteiger partial charge in [-0.05, 0) is 17.7 Å². The van der Waals surface area contributed by atoms with Crippen molar-refractivity contribution in [1.29, 1.82) is 0 Å². The quantitative estimate of drug-likeness (QED) is 0.645. The van der Waals surface area contributed by atoms with Crippen LogP contribution in [0.15, 0.2) is 18.2 Å². The second-order valence-corrected chi connectivity index (χ2v) is 4.56. The predicted molar refractivity (Wildman–Crippen MR) is 68.1 cm³/mol. The minimum atomic E-state index is -4.92. The Hall–Kier alpha value is -2.13. The molecule has 0 fully saturated rings. The fourth-order valence-corrected chi connectivity index (χ4v) is 1.75. The third-order valence-corrected chi connectivity index (χ3v) is 2.85. The zero-order chi connectivity index (χ0) is 17.1. The van der Waals surface area contributed by atoms with Crippen LogP contribution in [0.25, 0.3) is 0 Å². The van der Waals surface area contributed by atoms with E-state index in [-0.39, 0.29) is 12.1 Å². The van der Waals surface area contributed by atoms with Crippen LogP contribution in [0.5, 0.6) is 0 Å². The molecule has 9 heteroatoms. The maximum Gasteiger partial charge on any atom is 0.417 e. The molecule has 22 heavy (non-hydrogen) atoms. The van der Waals surface area contributed by atoms with Crippen LogP contribution in [-0.4, -0.2) is 39.8 Å². The van der Waals surface area contributed by atoms with E-state index < -0.39 is 41.4 Å². The van der Waals surface area contributed by atoms with Crippen molar-refractivity contribution in [1.82, 2.24) is 5.32 Å². The topological polar surface area (TPSA) is 107 Å². The standard InChI is InChI=1S/C13H14F3NO5/c1-6(18)17-5-10(19)11(20)7-2-3-8(12(21)22)9(4-7)13(14,15)16/h2-4,10-11,19-20H,5H2,1H3,(H,17,18)(H,21,22). The molecule has 4 N–H and O–H groups in total. The zero-order valence-electron chi connectivity index (χ0n) is 11.4. The van der Waals surface area contributed by atoms with Gasteiger partial charge >= 0.3 is 12.1 Å². The summed E-state index contributed by atoms with van der Waals surface area (Å²) in [6, 6.07) is 2.14. The van der Waals surface area contributed by atoms with E-state index in [4.69, 9.17) is 5.11 Å². The Balaban J connectivity index is 3.11. The number of benzene rings is 1. The molecular weight excluding hydrogens is 307 g/mol. The molecule has 0 aliphatic rings. The Morgan fingerprint density at radius 3 is 2.32 bits per heavy atom. The molecule has 0 heterocycles. The lowest BCUT2D eigenvalue weighted by Crippen LogP contribution is -2.34. The van der Waals surface area contributed by atoms with Gasteiger partial charge in [0.25, 0.3) is 0 Å². The molecule has 0 bridgehead atoms. The van der Waals surface area contributed by atoms with Crippen LogP contribution in [0, 0.1) is 0 Å². The molecule has 0 aromatic heterocycles. The SMILES string of the molecule is CC(=O)NCC(O)C(O)c1ccc(C(=O)O)c(C(F)(F)F)c1. The van der Waals surface area contributed by atoms with E-state index in [0.29, 0.717) is 12.1 Å². The van der Waals surface area contributed by atoms with E-state index in [0.717, 1.165) is 6.07 Å². The Labute approximate surface area is 123 Å². The second kappa shape index (κ2) is 6.75. The maximum atomic E-state index is 12.8. The predicted octanol–water partition coefficient (Wildman–Crippen LogP) is 0.934. The fraction of sp³-hybridized carbons (Fsp3) is 0.385. The van der Waals surface area contributed by atoms with Crippen LogP contribution in [0.2, 0.25) is 0 Å². The first-order chi connectivity index (χ1) is 10.0. The lowest BCUT2D eigenvalue weighted by molar-refractivity contribution is -0.138. The van der Waals surface area contributed by atoms with Crippen LogP contribution < -0.4 is 5.32 Å². The number of carbonyl (C=O) groups is 2. The second-order valence-electron chi connectivity index (χ2n) is 4.56. The van der Waals surface area contributed by atoms with Crippen molar-refractivity contribution < 1.29 is 38.1 Å². The summed E-state index contributed by atoms with van der Waals surface area (Å²) in [4.78, 5) is 21.5. The average Bonchev–Trinajstić information content (AvgIpc) is 2.42. The van der Waals surface area contributed by atoms with Gasteiger partial charge in [0.2, 0.25) is 5.91 Å². The van der Waals surface area contributed by atoms with Crippen molar-refractivity contribution in [3.63, 3.8) is 0 Å². The van der Waals surface area contributed by atoms with Gasteiger partial charge in [-0.2, -0.15) is 13.2 Å². The van der Waals surface area contributed by atoms with E-state index in [2.05, 4.69) is 5.32 Å². The molecule has 0 radical (unpaired) electrons. The number of alkyl halides is 3. The minimum Gasteiger partial charge on any atom is -0.478 e. The number of aliphatic hydroxyl groups is 2. The average molecular weight is 321 g/mol. The van der Waals surface area contributed by atoms with Crippen LogP contribution in [0.1, 0.15) is 34.5 Å². The summed E-state index contributed by atoms with van der Waals surface area (Å²) in [6.07, 6.45) is -8.18. The normalized spacial score (nSPS) is 14.3. The number of amides is 1. The summed E-state index contributed by atoms with van der Waals surface area (Å²) in [6.45, 7) is 0.807. The first-order valence-electron chi connectivity index (χ1n) is 6.09. The third kappa shape index (κ3) is 4.43. The smallest absolute Gasteiger partial charge is 0.417 e. The van der Waals surface area contributed by atoms with Gasteiger partial charge in [0, 0.05) is 13.5 Å². The molecule has 2 atom stereocenters. The lowest BCUT2D eigenvalue weighted by atomic mass is 9.98. The molecule has 0 aliphatic carbocycles. The van der Waals surface area contributed by atoms with E-state index >= 15 is 0 Å². The van der Waals surface area contributed by atoms with Crippen molar-refractivity contribution >= 4 is 11.9 Å². The number of carboxylic acid groups (broad SMARTS) is 1. The molecule has 2 unspecified atom stereocenters. The van der Waals surface area contributed by atoms with Crippen LogP contribution in [0.3, 0.4) is 0 Å². The Morgan fingerprint density at radius 1 is 1.27 bits per heavy atom. The molecule has 1 amide bonds. The number of nitrogens with one attached hydrogen (secondary N) is 1. The summed E-state index contributed by atoms with van der Waals surface area (Å²) in [7, 11) is 0. The highest BCUT2D eigenvalue weighted by Crippen LogP contribution is 2.34. The molecule has 0 aliphatic heterocycles. The van der Waals surface area contributed by atoms with Gasteiger partial charge in [-0.3, -0.25) is 4.79 Å². The van der Waals surface area contributed by atoms with E-state index in [9.17, 15) is 33.0 Å². The van der Waals surface area contributed by atoms with Gasteiger partial charge in [0.15, 0.2) is 0 Å². The van der Waals surface area contributed by atoms with Crippen molar-refractivity contribution in [2.75, 3.05) is 6.54 Å². The maximum absolute atomic E-state index is 12.8. The van der Waals surface area contributed by atoms with Gasteiger partial charge in [0.1, 0.15) is 12.2 Å². The van der Waals surface area contributed by atoms with Gasteiger partial charge in [-0.25, -0.2) is 4.79 Å². The van der Waals surface area contributed by atoms with Gasteiger partial charge in [0.05, 0.1) is 11.1 Å². The molecule has 0 saturated heterocycles. The zero-order valence-corrected chi connectivity index (χ0v) is 11.4. The number of rotatable bonds is 5. The van der Waals surface area contributed by atoms with Gasteiger partial charge < -0.3 is 20.6 Å². The summed E-state index contributed by atoms with van der Waals surface area (Å²) < 4.78 is 38.5. The Morgan fingerprint density at radius 2 is 1.86 bits per heavy atom. The molecule has 6 nitrogen and oxygen atoms in total. The number of aromatic carboxylic acids is 1. The Bertz CT molecular complexity index is 573. The van der Waals surface area contributed by atoms with Crippen molar-refractivity contribution in [3.8, 4) is 0 Å². The third-order valence-electron chi connectivity index (χ3n) is 2.85. The van der Waals surface area contributed by atoms with Gasteiger partial charge in [-0.15, -0.1) is 0 Å². The molecular formula is C13H14F3NO5. The van der Waals surface area contributed by atoms with Gasteiger partial charge in [-0.1, -0.05) is 6.07 Å². The highest BCUT2D eigenvalue weighted by atomic mass is 19.4. The molecule has 1 rings (SSSR count).